The first kappa shape index (κ1) is 14.3. The van der Waals surface area contributed by atoms with Crippen LogP contribution in [0.5, 0.6) is 5.75 Å². The van der Waals surface area contributed by atoms with Gasteiger partial charge in [-0.2, -0.15) is 0 Å². The minimum absolute atomic E-state index is 1.00. The quantitative estimate of drug-likeness (QED) is 0.590. The number of hydrogen-bond donors (Lipinski definition) is 0. The average molecular weight is 302 g/mol. The predicted molar refractivity (Wildman–Crippen MR) is 97.3 cm³/mol. The second-order valence-electron chi connectivity index (χ2n) is 6.54. The summed E-state index contributed by atoms with van der Waals surface area (Å²) in [7, 11) is 1.78. The summed E-state index contributed by atoms with van der Waals surface area (Å²) in [4.78, 5) is 0. The van der Waals surface area contributed by atoms with E-state index in [4.69, 9.17) is 4.74 Å². The van der Waals surface area contributed by atoms with Gasteiger partial charge in [0.05, 0.1) is 7.11 Å². The molecule has 0 saturated heterocycles. The first-order chi connectivity index (χ1) is 11.3. The molecule has 0 amide bonds. The van der Waals surface area contributed by atoms with Crippen LogP contribution in [-0.4, -0.2) is 7.11 Å². The summed E-state index contributed by atoms with van der Waals surface area (Å²) >= 11 is 0. The van der Waals surface area contributed by atoms with E-state index in [1.54, 1.807) is 7.11 Å². The molecule has 0 saturated carbocycles. The fourth-order valence-electron chi connectivity index (χ4n) is 3.79. The maximum Gasteiger partial charge on any atom is 0.126 e. The van der Waals surface area contributed by atoms with Crippen molar-refractivity contribution in [2.45, 2.75) is 32.6 Å². The van der Waals surface area contributed by atoms with Crippen molar-refractivity contribution in [1.29, 1.82) is 0 Å². The van der Waals surface area contributed by atoms with E-state index in [2.05, 4.69) is 55.5 Å². The van der Waals surface area contributed by atoms with E-state index in [1.807, 2.05) is 0 Å². The number of aryl methyl sites for hydroxylation is 3. The van der Waals surface area contributed by atoms with Crippen LogP contribution in [0.4, 0.5) is 0 Å². The van der Waals surface area contributed by atoms with E-state index < -0.39 is 0 Å². The van der Waals surface area contributed by atoms with E-state index in [-0.39, 0.29) is 0 Å². The molecule has 0 radical (unpaired) electrons. The lowest BCUT2D eigenvalue weighted by molar-refractivity contribution is 0.415. The van der Waals surface area contributed by atoms with Gasteiger partial charge in [0.15, 0.2) is 0 Å². The Balaban J connectivity index is 1.94. The molecular formula is C22H22O. The number of rotatable bonds is 2. The van der Waals surface area contributed by atoms with Crippen LogP contribution in [0.15, 0.2) is 48.5 Å². The molecule has 0 aromatic heterocycles. The van der Waals surface area contributed by atoms with Gasteiger partial charge >= 0.3 is 0 Å². The summed E-state index contributed by atoms with van der Waals surface area (Å²) < 4.78 is 5.73. The van der Waals surface area contributed by atoms with Crippen molar-refractivity contribution in [3.63, 3.8) is 0 Å². The van der Waals surface area contributed by atoms with Crippen LogP contribution in [-0.2, 0) is 12.8 Å². The van der Waals surface area contributed by atoms with Crippen molar-refractivity contribution in [2.24, 2.45) is 0 Å². The minimum Gasteiger partial charge on any atom is -0.496 e. The second kappa shape index (κ2) is 5.73. The molecule has 0 bridgehead atoms. The predicted octanol–water partition coefficient (Wildman–Crippen LogP) is 5.70. The van der Waals surface area contributed by atoms with E-state index in [0.29, 0.717) is 0 Å². The summed E-state index contributed by atoms with van der Waals surface area (Å²) in [5, 5.41) is 2.58. The van der Waals surface area contributed by atoms with Crippen molar-refractivity contribution < 1.29 is 4.74 Å². The number of ether oxygens (including phenoxy) is 1. The largest absolute Gasteiger partial charge is 0.496 e. The van der Waals surface area contributed by atoms with Gasteiger partial charge in [-0.15, -0.1) is 0 Å². The third-order valence-corrected chi connectivity index (χ3v) is 5.05. The van der Waals surface area contributed by atoms with E-state index >= 15 is 0 Å². The van der Waals surface area contributed by atoms with Gasteiger partial charge in [0.1, 0.15) is 5.75 Å². The van der Waals surface area contributed by atoms with E-state index in [9.17, 15) is 0 Å². The molecule has 3 aromatic rings. The van der Waals surface area contributed by atoms with Crippen LogP contribution >= 0.6 is 0 Å². The zero-order valence-corrected chi connectivity index (χ0v) is 13.9. The zero-order chi connectivity index (χ0) is 15.8. The Labute approximate surface area is 137 Å². The lowest BCUT2D eigenvalue weighted by atomic mass is 9.87. The van der Waals surface area contributed by atoms with Crippen molar-refractivity contribution in [3.05, 3.63) is 65.2 Å². The Kier molecular flexibility index (Phi) is 3.57. The van der Waals surface area contributed by atoms with Crippen LogP contribution < -0.4 is 4.74 Å². The fraction of sp³-hybridized carbons (Fsp3) is 0.273. The van der Waals surface area contributed by atoms with Crippen LogP contribution in [0.2, 0.25) is 0 Å². The molecular weight excluding hydrogens is 280 g/mol. The van der Waals surface area contributed by atoms with Crippen molar-refractivity contribution in [3.8, 4) is 16.9 Å². The maximum atomic E-state index is 5.73. The molecule has 0 heterocycles. The molecule has 23 heavy (non-hydrogen) atoms. The van der Waals surface area contributed by atoms with Gasteiger partial charge in [-0.1, -0.05) is 30.3 Å². The zero-order valence-electron chi connectivity index (χ0n) is 13.9. The molecule has 0 unspecified atom stereocenters. The molecule has 1 aliphatic carbocycles. The van der Waals surface area contributed by atoms with Gasteiger partial charge in [0.2, 0.25) is 0 Å². The maximum absolute atomic E-state index is 5.73. The van der Waals surface area contributed by atoms with Crippen LogP contribution in [0.1, 0.15) is 29.5 Å². The molecule has 0 atom stereocenters. The summed E-state index contributed by atoms with van der Waals surface area (Å²) in [6, 6.07) is 17.8. The van der Waals surface area contributed by atoms with E-state index in [0.717, 1.165) is 5.75 Å². The fourth-order valence-corrected chi connectivity index (χ4v) is 3.79. The third kappa shape index (κ3) is 2.50. The Hall–Kier alpha value is -2.28. The molecule has 0 aliphatic heterocycles. The standard InChI is InChI=1S/C22H22O/c1-15-11-16-7-3-4-8-17(16)12-20(15)21-13-18-9-5-6-10-19(18)14-22(21)23-2/h3-4,7-8,11-14H,5-6,9-10H2,1-2H3. The minimum atomic E-state index is 1.00. The Morgan fingerprint density at radius 2 is 1.43 bits per heavy atom. The highest BCUT2D eigenvalue weighted by Gasteiger charge is 2.16. The number of hydrogen-bond acceptors (Lipinski definition) is 1. The van der Waals surface area contributed by atoms with Crippen molar-refractivity contribution >= 4 is 10.8 Å². The first-order valence-corrected chi connectivity index (χ1v) is 8.46. The number of fused-ring (bicyclic) bond motifs is 2. The van der Waals surface area contributed by atoms with Crippen LogP contribution in [0.3, 0.4) is 0 Å². The van der Waals surface area contributed by atoms with Crippen molar-refractivity contribution in [1.82, 2.24) is 0 Å². The van der Waals surface area contributed by atoms with Gasteiger partial charge in [-0.3, -0.25) is 0 Å². The summed E-state index contributed by atoms with van der Waals surface area (Å²) in [5.74, 6) is 1.00. The summed E-state index contributed by atoms with van der Waals surface area (Å²) in [6.45, 7) is 2.20. The van der Waals surface area contributed by atoms with Crippen LogP contribution in [0.25, 0.3) is 21.9 Å². The third-order valence-electron chi connectivity index (χ3n) is 5.05. The summed E-state index contributed by atoms with van der Waals surface area (Å²) in [5.41, 5.74) is 6.79. The molecule has 1 heteroatoms. The van der Waals surface area contributed by atoms with Crippen LogP contribution in [0, 0.1) is 6.92 Å². The van der Waals surface area contributed by atoms with E-state index in [1.165, 1.54) is 64.3 Å². The second-order valence-corrected chi connectivity index (χ2v) is 6.54. The molecule has 0 fully saturated rings. The first-order valence-electron chi connectivity index (χ1n) is 8.46. The highest BCUT2D eigenvalue weighted by atomic mass is 16.5. The lowest BCUT2D eigenvalue weighted by Gasteiger charge is -2.20. The Morgan fingerprint density at radius 3 is 2.13 bits per heavy atom. The Bertz CT molecular complexity index is 877. The monoisotopic (exact) mass is 302 g/mol. The lowest BCUT2D eigenvalue weighted by Crippen LogP contribution is -2.04. The summed E-state index contributed by atoms with van der Waals surface area (Å²) in [6.07, 6.45) is 4.97. The molecule has 116 valence electrons. The van der Waals surface area contributed by atoms with Gasteiger partial charge in [-0.25, -0.2) is 0 Å². The van der Waals surface area contributed by atoms with Gasteiger partial charge in [0.25, 0.3) is 0 Å². The molecule has 0 spiro atoms. The highest BCUT2D eigenvalue weighted by molar-refractivity contribution is 5.90. The molecule has 3 aromatic carbocycles. The smallest absolute Gasteiger partial charge is 0.126 e. The SMILES string of the molecule is COc1cc2c(cc1-c1cc3ccccc3cc1C)CCCC2. The topological polar surface area (TPSA) is 9.23 Å². The van der Waals surface area contributed by atoms with Gasteiger partial charge in [-0.05, 0) is 83.8 Å². The number of methoxy groups -OCH3 is 1. The average Bonchev–Trinajstić information content (AvgIpc) is 2.60. The number of benzene rings is 3. The Morgan fingerprint density at radius 1 is 0.783 bits per heavy atom. The molecule has 1 aliphatic rings. The van der Waals surface area contributed by atoms with Gasteiger partial charge in [0, 0.05) is 5.56 Å². The van der Waals surface area contributed by atoms with Crippen molar-refractivity contribution in [2.75, 3.05) is 7.11 Å². The molecule has 4 rings (SSSR count). The highest BCUT2D eigenvalue weighted by Crippen LogP contribution is 2.38. The molecule has 1 nitrogen and oxygen atoms in total. The normalized spacial score (nSPS) is 13.8. The van der Waals surface area contributed by atoms with Gasteiger partial charge < -0.3 is 4.74 Å². The molecule has 0 N–H and O–H groups in total.